The van der Waals surface area contributed by atoms with Crippen molar-refractivity contribution >= 4 is 15.9 Å². The molecule has 2 nitrogen and oxygen atoms in total. The number of rotatable bonds is 3. The predicted molar refractivity (Wildman–Crippen MR) is 52.7 cm³/mol. The predicted octanol–water partition coefficient (Wildman–Crippen LogP) is 1.97. The van der Waals surface area contributed by atoms with E-state index in [1.165, 1.54) is 6.07 Å². The highest BCUT2D eigenvalue weighted by atomic mass is 79.9. The molecule has 3 N–H and O–H groups in total. The van der Waals surface area contributed by atoms with E-state index in [4.69, 9.17) is 5.73 Å². The number of aliphatic hydroxyl groups excluding tert-OH is 1. The fraction of sp³-hybridized carbons (Fsp3) is 0.333. The van der Waals surface area contributed by atoms with E-state index in [0.29, 0.717) is 23.0 Å². The smallest absolute Gasteiger partial charge is 0.137 e. The largest absolute Gasteiger partial charge is 0.388 e. The topological polar surface area (TPSA) is 46.2 Å². The van der Waals surface area contributed by atoms with E-state index >= 15 is 0 Å². The van der Waals surface area contributed by atoms with Crippen LogP contribution < -0.4 is 5.73 Å². The highest BCUT2D eigenvalue weighted by molar-refractivity contribution is 9.10. The van der Waals surface area contributed by atoms with Gasteiger partial charge in [0.2, 0.25) is 0 Å². The lowest BCUT2D eigenvalue weighted by Gasteiger charge is -2.09. The summed E-state index contributed by atoms with van der Waals surface area (Å²) in [5, 5.41) is 9.47. The summed E-state index contributed by atoms with van der Waals surface area (Å²) in [4.78, 5) is 0. The average molecular weight is 248 g/mol. The molecule has 0 aromatic heterocycles. The van der Waals surface area contributed by atoms with Crippen molar-refractivity contribution in [2.24, 2.45) is 5.73 Å². The van der Waals surface area contributed by atoms with Crippen molar-refractivity contribution in [3.63, 3.8) is 0 Å². The minimum atomic E-state index is -0.674. The van der Waals surface area contributed by atoms with Gasteiger partial charge in [0.15, 0.2) is 0 Å². The highest BCUT2D eigenvalue weighted by Gasteiger charge is 2.08. The summed E-state index contributed by atoms with van der Waals surface area (Å²) in [6.07, 6.45) is -0.228. The van der Waals surface area contributed by atoms with Gasteiger partial charge in [-0.05, 0) is 46.6 Å². The average Bonchev–Trinajstić information content (AvgIpc) is 2.10. The van der Waals surface area contributed by atoms with Crippen molar-refractivity contribution in [1.29, 1.82) is 0 Å². The van der Waals surface area contributed by atoms with Gasteiger partial charge in [-0.15, -0.1) is 0 Å². The molecule has 0 radical (unpaired) electrons. The third-order valence-electron chi connectivity index (χ3n) is 1.77. The van der Waals surface area contributed by atoms with Gasteiger partial charge < -0.3 is 10.8 Å². The van der Waals surface area contributed by atoms with Crippen LogP contribution >= 0.6 is 15.9 Å². The Bertz CT molecular complexity index is 293. The first kappa shape index (κ1) is 10.6. The van der Waals surface area contributed by atoms with Crippen LogP contribution in [0.15, 0.2) is 22.7 Å². The van der Waals surface area contributed by atoms with Gasteiger partial charge in [0.05, 0.1) is 10.6 Å². The van der Waals surface area contributed by atoms with Crippen LogP contribution in [0, 0.1) is 5.82 Å². The molecular weight excluding hydrogens is 237 g/mol. The van der Waals surface area contributed by atoms with Crippen LogP contribution in [0.4, 0.5) is 4.39 Å². The minimum Gasteiger partial charge on any atom is -0.388 e. The maximum Gasteiger partial charge on any atom is 0.137 e. The summed E-state index contributed by atoms with van der Waals surface area (Å²) in [7, 11) is 0. The molecule has 0 aliphatic carbocycles. The fourth-order valence-corrected chi connectivity index (χ4v) is 1.29. The van der Waals surface area contributed by atoms with Crippen LogP contribution in [0.25, 0.3) is 0 Å². The second kappa shape index (κ2) is 4.69. The van der Waals surface area contributed by atoms with Crippen LogP contribution in [-0.2, 0) is 0 Å². The Hall–Kier alpha value is -0.450. The van der Waals surface area contributed by atoms with Gasteiger partial charge in [0, 0.05) is 0 Å². The van der Waals surface area contributed by atoms with Gasteiger partial charge >= 0.3 is 0 Å². The van der Waals surface area contributed by atoms with Crippen LogP contribution in [0.1, 0.15) is 18.1 Å². The van der Waals surface area contributed by atoms with Gasteiger partial charge in [-0.2, -0.15) is 0 Å². The molecule has 0 bridgehead atoms. The summed E-state index contributed by atoms with van der Waals surface area (Å²) < 4.78 is 13.4. The molecule has 72 valence electrons. The first-order valence-electron chi connectivity index (χ1n) is 3.98. The highest BCUT2D eigenvalue weighted by Crippen LogP contribution is 2.21. The van der Waals surface area contributed by atoms with Crippen molar-refractivity contribution < 1.29 is 9.50 Å². The Balaban J connectivity index is 2.84. The van der Waals surface area contributed by atoms with Crippen molar-refractivity contribution in [1.82, 2.24) is 0 Å². The molecule has 0 amide bonds. The van der Waals surface area contributed by atoms with E-state index in [1.54, 1.807) is 12.1 Å². The van der Waals surface area contributed by atoms with Gasteiger partial charge in [0.25, 0.3) is 0 Å². The normalized spacial score (nSPS) is 12.9. The van der Waals surface area contributed by atoms with Gasteiger partial charge in [-0.25, -0.2) is 4.39 Å². The first-order chi connectivity index (χ1) is 6.15. The molecule has 1 rings (SSSR count). The Morgan fingerprint density at radius 2 is 2.23 bits per heavy atom. The minimum absolute atomic E-state index is 0.367. The zero-order valence-corrected chi connectivity index (χ0v) is 8.59. The molecule has 1 aromatic carbocycles. The zero-order valence-electron chi connectivity index (χ0n) is 7.00. The van der Waals surface area contributed by atoms with E-state index < -0.39 is 6.10 Å². The van der Waals surface area contributed by atoms with Crippen LogP contribution in [0.5, 0.6) is 0 Å². The quantitative estimate of drug-likeness (QED) is 0.858. The lowest BCUT2D eigenvalue weighted by molar-refractivity contribution is 0.170. The number of aliphatic hydroxyl groups is 1. The molecule has 0 fully saturated rings. The van der Waals surface area contributed by atoms with Crippen LogP contribution in [-0.4, -0.2) is 11.7 Å². The van der Waals surface area contributed by atoms with E-state index in [1.807, 2.05) is 0 Å². The van der Waals surface area contributed by atoms with Gasteiger partial charge in [-0.3, -0.25) is 0 Å². The molecule has 0 saturated carbocycles. The van der Waals surface area contributed by atoms with Crippen LogP contribution in [0.3, 0.4) is 0 Å². The summed E-state index contributed by atoms with van der Waals surface area (Å²) in [5.74, 6) is -0.367. The van der Waals surface area contributed by atoms with Crippen molar-refractivity contribution in [2.45, 2.75) is 12.5 Å². The third-order valence-corrected chi connectivity index (χ3v) is 2.41. The number of nitrogens with two attached hydrogens (primary N) is 1. The molecule has 0 unspecified atom stereocenters. The number of benzene rings is 1. The second-order valence-corrected chi connectivity index (χ2v) is 3.62. The van der Waals surface area contributed by atoms with E-state index in [0.717, 1.165) is 0 Å². The lowest BCUT2D eigenvalue weighted by Crippen LogP contribution is -2.06. The molecule has 0 aliphatic heterocycles. The number of hydrogen-bond donors (Lipinski definition) is 2. The molecule has 0 saturated heterocycles. The van der Waals surface area contributed by atoms with Crippen molar-refractivity contribution in [3.8, 4) is 0 Å². The molecule has 4 heteroatoms. The fourth-order valence-electron chi connectivity index (χ4n) is 1.04. The Kier molecular flexibility index (Phi) is 3.84. The zero-order chi connectivity index (χ0) is 9.84. The lowest BCUT2D eigenvalue weighted by atomic mass is 10.1. The summed E-state index contributed by atoms with van der Waals surface area (Å²) >= 11 is 3.04. The number of hydrogen-bond acceptors (Lipinski definition) is 2. The molecule has 0 aliphatic rings. The van der Waals surface area contributed by atoms with Crippen molar-refractivity contribution in [2.75, 3.05) is 6.54 Å². The summed E-state index contributed by atoms with van der Waals surface area (Å²) in [5.41, 5.74) is 5.83. The SMILES string of the molecule is NCC[C@H](O)c1ccc(Br)c(F)c1. The van der Waals surface area contributed by atoms with E-state index in [9.17, 15) is 9.50 Å². The van der Waals surface area contributed by atoms with Crippen LogP contribution in [0.2, 0.25) is 0 Å². The first-order valence-corrected chi connectivity index (χ1v) is 4.77. The second-order valence-electron chi connectivity index (χ2n) is 2.77. The molecule has 13 heavy (non-hydrogen) atoms. The Morgan fingerprint density at radius 3 is 2.77 bits per heavy atom. The van der Waals surface area contributed by atoms with E-state index in [2.05, 4.69) is 15.9 Å². The molecule has 1 aromatic rings. The Morgan fingerprint density at radius 1 is 1.54 bits per heavy atom. The Labute approximate surface area is 84.7 Å². The van der Waals surface area contributed by atoms with Gasteiger partial charge in [-0.1, -0.05) is 6.07 Å². The van der Waals surface area contributed by atoms with Crippen molar-refractivity contribution in [3.05, 3.63) is 34.1 Å². The summed E-state index contributed by atoms with van der Waals surface area (Å²) in [6.45, 7) is 0.388. The summed E-state index contributed by atoms with van der Waals surface area (Å²) in [6, 6.07) is 4.56. The maximum atomic E-state index is 13.0. The molecule has 0 spiro atoms. The number of halogens is 2. The van der Waals surface area contributed by atoms with Gasteiger partial charge in [0.1, 0.15) is 5.82 Å². The molecule has 0 heterocycles. The maximum absolute atomic E-state index is 13.0. The standard InChI is InChI=1S/C9H11BrFNO/c10-7-2-1-6(5-8(7)11)9(13)3-4-12/h1-2,5,9,13H,3-4,12H2/t9-/m0/s1. The third kappa shape index (κ3) is 2.76. The monoisotopic (exact) mass is 247 g/mol. The van der Waals surface area contributed by atoms with E-state index in [-0.39, 0.29) is 5.82 Å². The molecular formula is C9H11BrFNO. The molecule has 1 atom stereocenters.